The standard InChI is InChI=1S/C11H13Cl2NOS/c1-7-5-14-11(6-16(7)15)9-4-8(12)2-3-10(9)13/h2-4,7,11,14H,5-6H2,1H3. The van der Waals surface area contributed by atoms with Crippen LogP contribution in [0.2, 0.25) is 10.0 Å². The molecule has 1 saturated heterocycles. The minimum Gasteiger partial charge on any atom is -0.308 e. The molecule has 0 amide bonds. The van der Waals surface area contributed by atoms with Crippen molar-refractivity contribution in [1.82, 2.24) is 5.32 Å². The third-order valence-corrected chi connectivity index (χ3v) is 5.07. The number of halogens is 2. The highest BCUT2D eigenvalue weighted by molar-refractivity contribution is 7.85. The Balaban J connectivity index is 2.24. The average molecular weight is 278 g/mol. The topological polar surface area (TPSA) is 29.1 Å². The Morgan fingerprint density at radius 3 is 2.88 bits per heavy atom. The molecule has 0 radical (unpaired) electrons. The summed E-state index contributed by atoms with van der Waals surface area (Å²) >= 11 is 12.1. The summed E-state index contributed by atoms with van der Waals surface area (Å²) in [6.45, 7) is 2.74. The van der Waals surface area contributed by atoms with Gasteiger partial charge in [-0.3, -0.25) is 4.21 Å². The molecule has 88 valence electrons. The summed E-state index contributed by atoms with van der Waals surface area (Å²) in [5.74, 6) is 0.598. The Morgan fingerprint density at radius 1 is 1.44 bits per heavy atom. The highest BCUT2D eigenvalue weighted by Gasteiger charge is 2.26. The van der Waals surface area contributed by atoms with Crippen molar-refractivity contribution in [3.63, 3.8) is 0 Å². The molecule has 3 unspecified atom stereocenters. The van der Waals surface area contributed by atoms with E-state index in [0.29, 0.717) is 15.8 Å². The number of benzene rings is 1. The first kappa shape index (κ1) is 12.4. The van der Waals surface area contributed by atoms with E-state index in [1.165, 1.54) is 0 Å². The molecule has 5 heteroatoms. The summed E-state index contributed by atoms with van der Waals surface area (Å²) in [6.07, 6.45) is 0. The second-order valence-electron chi connectivity index (χ2n) is 3.98. The van der Waals surface area contributed by atoms with Crippen LogP contribution in [0.4, 0.5) is 0 Å². The maximum absolute atomic E-state index is 11.8. The summed E-state index contributed by atoms with van der Waals surface area (Å²) in [4.78, 5) is 0. The fourth-order valence-corrected chi connectivity index (χ4v) is 3.44. The van der Waals surface area contributed by atoms with Crippen LogP contribution in [0.1, 0.15) is 18.5 Å². The van der Waals surface area contributed by atoms with Gasteiger partial charge < -0.3 is 5.32 Å². The Hall–Kier alpha value is -0.0900. The third-order valence-electron chi connectivity index (χ3n) is 2.76. The van der Waals surface area contributed by atoms with Crippen LogP contribution in [-0.4, -0.2) is 21.8 Å². The lowest BCUT2D eigenvalue weighted by Crippen LogP contribution is -2.41. The first-order valence-corrected chi connectivity index (χ1v) is 7.27. The molecule has 3 atom stereocenters. The van der Waals surface area contributed by atoms with E-state index in [0.717, 1.165) is 12.1 Å². The highest BCUT2D eigenvalue weighted by atomic mass is 35.5. The Labute approximate surface area is 108 Å². The summed E-state index contributed by atoms with van der Waals surface area (Å²) in [5.41, 5.74) is 0.939. The van der Waals surface area contributed by atoms with Gasteiger partial charge in [-0.25, -0.2) is 0 Å². The van der Waals surface area contributed by atoms with Crippen molar-refractivity contribution in [3.8, 4) is 0 Å². The molecule has 0 saturated carbocycles. The predicted octanol–water partition coefficient (Wildman–Crippen LogP) is 2.77. The summed E-state index contributed by atoms with van der Waals surface area (Å²) in [7, 11) is -0.795. The van der Waals surface area contributed by atoms with Crippen molar-refractivity contribution in [3.05, 3.63) is 33.8 Å². The van der Waals surface area contributed by atoms with Gasteiger partial charge in [0.15, 0.2) is 0 Å². The van der Waals surface area contributed by atoms with Gasteiger partial charge in [0.05, 0.1) is 0 Å². The summed E-state index contributed by atoms with van der Waals surface area (Å²) < 4.78 is 11.8. The van der Waals surface area contributed by atoms with Gasteiger partial charge in [0, 0.05) is 44.4 Å². The normalized spacial score (nSPS) is 30.3. The van der Waals surface area contributed by atoms with E-state index >= 15 is 0 Å². The van der Waals surface area contributed by atoms with E-state index in [1.54, 1.807) is 12.1 Å². The summed E-state index contributed by atoms with van der Waals surface area (Å²) in [6, 6.07) is 5.43. The highest BCUT2D eigenvalue weighted by Crippen LogP contribution is 2.28. The molecular weight excluding hydrogens is 265 g/mol. The molecular formula is C11H13Cl2NOS. The van der Waals surface area contributed by atoms with Crippen LogP contribution in [-0.2, 0) is 10.8 Å². The van der Waals surface area contributed by atoms with Crippen molar-refractivity contribution in [2.24, 2.45) is 0 Å². The zero-order valence-corrected chi connectivity index (χ0v) is 11.2. The molecule has 1 aromatic carbocycles. The zero-order valence-electron chi connectivity index (χ0n) is 8.87. The first-order chi connectivity index (χ1) is 7.58. The van der Waals surface area contributed by atoms with Crippen molar-refractivity contribution in [1.29, 1.82) is 0 Å². The van der Waals surface area contributed by atoms with E-state index in [2.05, 4.69) is 5.32 Å². The molecule has 1 aromatic rings. The van der Waals surface area contributed by atoms with Crippen molar-refractivity contribution in [2.45, 2.75) is 18.2 Å². The monoisotopic (exact) mass is 277 g/mol. The van der Waals surface area contributed by atoms with Gasteiger partial charge in [-0.1, -0.05) is 23.2 Å². The van der Waals surface area contributed by atoms with E-state index in [4.69, 9.17) is 23.2 Å². The lowest BCUT2D eigenvalue weighted by molar-refractivity contribution is 0.540. The van der Waals surface area contributed by atoms with Crippen LogP contribution in [0.3, 0.4) is 0 Å². The number of nitrogens with one attached hydrogen (secondary N) is 1. The lowest BCUT2D eigenvalue weighted by Gasteiger charge is -2.28. The van der Waals surface area contributed by atoms with Crippen LogP contribution in [0.25, 0.3) is 0 Å². The fourth-order valence-electron chi connectivity index (χ4n) is 1.77. The SMILES string of the molecule is CC1CNC(c2cc(Cl)ccc2Cl)CS1=O. The van der Waals surface area contributed by atoms with Crippen molar-refractivity contribution >= 4 is 34.0 Å². The molecule has 1 aliphatic heterocycles. The molecule has 1 N–H and O–H groups in total. The maximum Gasteiger partial charge on any atom is 0.0455 e. The minimum absolute atomic E-state index is 0.0447. The summed E-state index contributed by atoms with van der Waals surface area (Å²) in [5, 5.41) is 4.88. The Morgan fingerprint density at radius 2 is 2.19 bits per heavy atom. The van der Waals surface area contributed by atoms with Gasteiger partial charge in [0.1, 0.15) is 0 Å². The first-order valence-electron chi connectivity index (χ1n) is 5.13. The van der Waals surface area contributed by atoms with Crippen molar-refractivity contribution < 1.29 is 4.21 Å². The molecule has 16 heavy (non-hydrogen) atoms. The number of hydrogen-bond donors (Lipinski definition) is 1. The fraction of sp³-hybridized carbons (Fsp3) is 0.455. The van der Waals surface area contributed by atoms with Gasteiger partial charge in [-0.15, -0.1) is 0 Å². The Kier molecular flexibility index (Phi) is 3.90. The van der Waals surface area contributed by atoms with E-state index in [-0.39, 0.29) is 11.3 Å². The van der Waals surface area contributed by atoms with Gasteiger partial charge in [-0.05, 0) is 30.7 Å². The number of rotatable bonds is 1. The molecule has 0 bridgehead atoms. The van der Waals surface area contributed by atoms with E-state index < -0.39 is 10.8 Å². The number of hydrogen-bond acceptors (Lipinski definition) is 2. The van der Waals surface area contributed by atoms with E-state index in [1.807, 2.05) is 13.0 Å². The van der Waals surface area contributed by atoms with Crippen LogP contribution >= 0.6 is 23.2 Å². The van der Waals surface area contributed by atoms with Gasteiger partial charge >= 0.3 is 0 Å². The van der Waals surface area contributed by atoms with Crippen LogP contribution < -0.4 is 5.32 Å². The molecule has 0 spiro atoms. The third kappa shape index (κ3) is 2.59. The quantitative estimate of drug-likeness (QED) is 0.855. The van der Waals surface area contributed by atoms with Crippen LogP contribution in [0.5, 0.6) is 0 Å². The lowest BCUT2D eigenvalue weighted by atomic mass is 10.1. The predicted molar refractivity (Wildman–Crippen MR) is 69.7 cm³/mol. The largest absolute Gasteiger partial charge is 0.308 e. The molecule has 1 fully saturated rings. The van der Waals surface area contributed by atoms with Gasteiger partial charge in [0.2, 0.25) is 0 Å². The van der Waals surface area contributed by atoms with Gasteiger partial charge in [-0.2, -0.15) is 0 Å². The van der Waals surface area contributed by atoms with E-state index in [9.17, 15) is 4.21 Å². The van der Waals surface area contributed by atoms with Crippen LogP contribution in [0, 0.1) is 0 Å². The Bertz CT molecular complexity index is 424. The molecule has 1 aliphatic rings. The minimum atomic E-state index is -0.795. The second kappa shape index (κ2) is 5.05. The smallest absolute Gasteiger partial charge is 0.0455 e. The maximum atomic E-state index is 11.8. The second-order valence-corrected chi connectivity index (χ2v) is 6.73. The zero-order chi connectivity index (χ0) is 11.7. The molecule has 2 rings (SSSR count). The molecule has 0 aromatic heterocycles. The van der Waals surface area contributed by atoms with Crippen molar-refractivity contribution in [2.75, 3.05) is 12.3 Å². The average Bonchev–Trinajstić information content (AvgIpc) is 2.26. The molecule has 2 nitrogen and oxygen atoms in total. The molecule has 0 aliphatic carbocycles. The van der Waals surface area contributed by atoms with Crippen LogP contribution in [0.15, 0.2) is 18.2 Å². The molecule has 1 heterocycles. The van der Waals surface area contributed by atoms with Gasteiger partial charge in [0.25, 0.3) is 0 Å².